The first kappa shape index (κ1) is 18.0. The van der Waals surface area contributed by atoms with Crippen molar-refractivity contribution < 1.29 is 14.7 Å². The third-order valence-electron chi connectivity index (χ3n) is 4.66. The van der Waals surface area contributed by atoms with E-state index in [0.29, 0.717) is 0 Å². The molecular formula is C17H31NO3. The largest absolute Gasteiger partial charge is 0.480 e. The lowest BCUT2D eigenvalue weighted by Gasteiger charge is -2.29. The maximum Gasteiger partial charge on any atom is 0.326 e. The number of nitrogens with one attached hydrogen (secondary N) is 1. The van der Waals surface area contributed by atoms with Crippen LogP contribution >= 0.6 is 0 Å². The Bertz CT molecular complexity index is 333. The first-order valence-corrected chi connectivity index (χ1v) is 8.48. The number of unbranched alkanes of at least 4 members (excludes halogenated alkanes) is 2. The molecule has 0 aromatic carbocycles. The lowest BCUT2D eigenvalue weighted by Crippen LogP contribution is -2.47. The van der Waals surface area contributed by atoms with Crippen LogP contribution in [0, 0.1) is 17.8 Å². The van der Waals surface area contributed by atoms with E-state index in [1.54, 1.807) is 0 Å². The summed E-state index contributed by atoms with van der Waals surface area (Å²) in [6.07, 6.45) is 9.18. The standard InChI is InChI=1S/C17H31NO3/c1-4-5-6-7-13-8-10-14(11-9-13)16(19)18-15(12(2)3)17(20)21/h12-15H,4-11H2,1-3H3,(H,18,19)(H,20,21)/t13?,14?,15-/m1/s1. The molecule has 0 aliphatic heterocycles. The van der Waals surface area contributed by atoms with Crippen molar-refractivity contribution in [2.24, 2.45) is 17.8 Å². The van der Waals surface area contributed by atoms with E-state index in [2.05, 4.69) is 12.2 Å². The fourth-order valence-corrected chi connectivity index (χ4v) is 3.18. The van der Waals surface area contributed by atoms with Crippen molar-refractivity contribution in [1.29, 1.82) is 0 Å². The predicted octanol–water partition coefficient (Wildman–Crippen LogP) is 3.60. The monoisotopic (exact) mass is 297 g/mol. The molecule has 4 heteroatoms. The maximum absolute atomic E-state index is 12.2. The van der Waals surface area contributed by atoms with E-state index in [-0.39, 0.29) is 17.7 Å². The molecule has 0 bridgehead atoms. The summed E-state index contributed by atoms with van der Waals surface area (Å²) in [5.74, 6) is -0.319. The van der Waals surface area contributed by atoms with Crippen LogP contribution in [0.15, 0.2) is 0 Å². The van der Waals surface area contributed by atoms with Gasteiger partial charge in [-0.15, -0.1) is 0 Å². The lowest BCUT2D eigenvalue weighted by molar-refractivity contribution is -0.144. The first-order valence-electron chi connectivity index (χ1n) is 8.48. The molecule has 1 rings (SSSR count). The van der Waals surface area contributed by atoms with Gasteiger partial charge in [-0.05, 0) is 37.5 Å². The molecule has 0 radical (unpaired) electrons. The second-order valence-corrected chi connectivity index (χ2v) is 6.78. The SMILES string of the molecule is CCCCCC1CCC(C(=O)N[C@@H](C(=O)O)C(C)C)CC1. The Hall–Kier alpha value is -1.06. The molecule has 4 nitrogen and oxygen atoms in total. The highest BCUT2D eigenvalue weighted by Gasteiger charge is 2.30. The van der Waals surface area contributed by atoms with Gasteiger partial charge in [0.1, 0.15) is 6.04 Å². The van der Waals surface area contributed by atoms with Gasteiger partial charge in [0.25, 0.3) is 0 Å². The van der Waals surface area contributed by atoms with Crippen LogP contribution in [-0.2, 0) is 9.59 Å². The molecule has 0 spiro atoms. The summed E-state index contributed by atoms with van der Waals surface area (Å²) >= 11 is 0. The average molecular weight is 297 g/mol. The van der Waals surface area contributed by atoms with Gasteiger partial charge in [0.2, 0.25) is 5.91 Å². The summed E-state index contributed by atoms with van der Waals surface area (Å²) in [7, 11) is 0. The number of carboxylic acid groups (broad SMARTS) is 1. The second kappa shape index (κ2) is 9.06. The zero-order valence-corrected chi connectivity index (χ0v) is 13.7. The van der Waals surface area contributed by atoms with Crippen LogP contribution < -0.4 is 5.32 Å². The molecule has 1 aliphatic carbocycles. The van der Waals surface area contributed by atoms with Crippen LogP contribution in [0.3, 0.4) is 0 Å². The van der Waals surface area contributed by atoms with E-state index >= 15 is 0 Å². The minimum atomic E-state index is -0.938. The van der Waals surface area contributed by atoms with E-state index in [0.717, 1.165) is 31.6 Å². The summed E-state index contributed by atoms with van der Waals surface area (Å²) in [6.45, 7) is 5.86. The number of hydrogen-bond donors (Lipinski definition) is 2. The third-order valence-corrected chi connectivity index (χ3v) is 4.66. The van der Waals surface area contributed by atoms with Crippen molar-refractivity contribution >= 4 is 11.9 Å². The summed E-state index contributed by atoms with van der Waals surface area (Å²) < 4.78 is 0. The molecule has 0 unspecified atom stereocenters. The Labute approximate surface area is 128 Å². The number of aliphatic carboxylic acids is 1. The number of carboxylic acids is 1. The molecule has 21 heavy (non-hydrogen) atoms. The quantitative estimate of drug-likeness (QED) is 0.673. The molecule has 0 aromatic heterocycles. The van der Waals surface area contributed by atoms with Crippen LogP contribution in [0.2, 0.25) is 0 Å². The molecule has 1 fully saturated rings. The van der Waals surface area contributed by atoms with Gasteiger partial charge in [-0.25, -0.2) is 4.79 Å². The Balaban J connectivity index is 2.36. The van der Waals surface area contributed by atoms with Gasteiger partial charge in [-0.1, -0.05) is 46.5 Å². The average Bonchev–Trinajstić information content (AvgIpc) is 2.44. The van der Waals surface area contributed by atoms with E-state index < -0.39 is 12.0 Å². The van der Waals surface area contributed by atoms with Crippen molar-refractivity contribution in [2.45, 2.75) is 78.2 Å². The Morgan fingerprint density at radius 1 is 1.14 bits per heavy atom. The molecule has 122 valence electrons. The number of carbonyl (C=O) groups is 2. The van der Waals surface area contributed by atoms with Gasteiger partial charge < -0.3 is 10.4 Å². The Kier molecular flexibility index (Phi) is 7.76. The normalized spacial score (nSPS) is 23.8. The van der Waals surface area contributed by atoms with Crippen molar-refractivity contribution in [1.82, 2.24) is 5.32 Å². The summed E-state index contributed by atoms with van der Waals surface area (Å²) in [6, 6.07) is -0.764. The topological polar surface area (TPSA) is 66.4 Å². The van der Waals surface area contributed by atoms with Crippen LogP contribution in [0.4, 0.5) is 0 Å². The van der Waals surface area contributed by atoms with Crippen molar-refractivity contribution in [3.05, 3.63) is 0 Å². The third kappa shape index (κ3) is 6.06. The molecule has 0 saturated heterocycles. The van der Waals surface area contributed by atoms with Crippen LogP contribution in [0.25, 0.3) is 0 Å². The highest BCUT2D eigenvalue weighted by molar-refractivity contribution is 5.85. The van der Waals surface area contributed by atoms with Crippen molar-refractivity contribution in [3.63, 3.8) is 0 Å². The fraction of sp³-hybridized carbons (Fsp3) is 0.882. The Morgan fingerprint density at radius 2 is 1.76 bits per heavy atom. The van der Waals surface area contributed by atoms with Gasteiger partial charge in [0.15, 0.2) is 0 Å². The fourth-order valence-electron chi connectivity index (χ4n) is 3.18. The smallest absolute Gasteiger partial charge is 0.326 e. The molecule has 2 N–H and O–H groups in total. The van der Waals surface area contributed by atoms with Gasteiger partial charge >= 0.3 is 5.97 Å². The van der Waals surface area contributed by atoms with E-state index in [1.807, 2.05) is 13.8 Å². The molecule has 0 heterocycles. The summed E-state index contributed by atoms with van der Waals surface area (Å²) in [5.41, 5.74) is 0. The molecule has 0 aromatic rings. The van der Waals surface area contributed by atoms with Crippen molar-refractivity contribution in [3.8, 4) is 0 Å². The summed E-state index contributed by atoms with van der Waals surface area (Å²) in [4.78, 5) is 23.4. The number of hydrogen-bond acceptors (Lipinski definition) is 2. The van der Waals surface area contributed by atoms with Crippen LogP contribution in [-0.4, -0.2) is 23.0 Å². The maximum atomic E-state index is 12.2. The van der Waals surface area contributed by atoms with Gasteiger partial charge in [-0.2, -0.15) is 0 Å². The van der Waals surface area contributed by atoms with Crippen molar-refractivity contribution in [2.75, 3.05) is 0 Å². The molecule has 1 aliphatic rings. The van der Waals surface area contributed by atoms with Gasteiger partial charge in [0, 0.05) is 5.92 Å². The number of amides is 1. The van der Waals surface area contributed by atoms with Crippen LogP contribution in [0.1, 0.15) is 72.1 Å². The highest BCUT2D eigenvalue weighted by atomic mass is 16.4. The van der Waals surface area contributed by atoms with Crippen LogP contribution in [0.5, 0.6) is 0 Å². The summed E-state index contributed by atoms with van der Waals surface area (Å²) in [5, 5.41) is 11.9. The Morgan fingerprint density at radius 3 is 2.24 bits per heavy atom. The number of rotatable bonds is 8. The molecule has 1 amide bonds. The molecular weight excluding hydrogens is 266 g/mol. The first-order chi connectivity index (χ1) is 9.95. The highest BCUT2D eigenvalue weighted by Crippen LogP contribution is 2.32. The molecule has 1 atom stereocenters. The second-order valence-electron chi connectivity index (χ2n) is 6.78. The number of carbonyl (C=O) groups excluding carboxylic acids is 1. The zero-order chi connectivity index (χ0) is 15.8. The zero-order valence-electron chi connectivity index (χ0n) is 13.7. The minimum Gasteiger partial charge on any atom is -0.480 e. The van der Waals surface area contributed by atoms with Gasteiger partial charge in [0.05, 0.1) is 0 Å². The lowest BCUT2D eigenvalue weighted by atomic mass is 9.79. The van der Waals surface area contributed by atoms with E-state index in [9.17, 15) is 9.59 Å². The van der Waals surface area contributed by atoms with E-state index in [4.69, 9.17) is 5.11 Å². The predicted molar refractivity (Wildman–Crippen MR) is 84.0 cm³/mol. The van der Waals surface area contributed by atoms with Gasteiger partial charge in [-0.3, -0.25) is 4.79 Å². The molecule has 1 saturated carbocycles. The van der Waals surface area contributed by atoms with E-state index in [1.165, 1.54) is 25.7 Å². The minimum absolute atomic E-state index is 0.00743.